The van der Waals surface area contributed by atoms with Gasteiger partial charge in [0.15, 0.2) is 0 Å². The molecule has 25 heavy (non-hydrogen) atoms. The standard InChI is InChI=1S/C18H19FN2O3S/c1-25(24)16-8-4-14(5-9-16)18(23)21-11-10-20-17(22)12-13-2-6-15(19)7-3-13/h2-9H,10-12H2,1H3,(H,20,22)(H,21,23). The third-order valence-electron chi connectivity index (χ3n) is 3.46. The van der Waals surface area contributed by atoms with Crippen molar-refractivity contribution in [3.05, 3.63) is 65.5 Å². The fourth-order valence-corrected chi connectivity index (χ4v) is 2.65. The van der Waals surface area contributed by atoms with Crippen LogP contribution in [0.15, 0.2) is 53.4 Å². The maximum absolute atomic E-state index is 12.8. The molecule has 2 aromatic carbocycles. The number of benzene rings is 2. The minimum atomic E-state index is -1.08. The van der Waals surface area contributed by atoms with Gasteiger partial charge in [-0.3, -0.25) is 13.8 Å². The summed E-state index contributed by atoms with van der Waals surface area (Å²) in [6.07, 6.45) is 1.73. The van der Waals surface area contributed by atoms with Gasteiger partial charge in [-0.2, -0.15) is 0 Å². The summed E-state index contributed by atoms with van der Waals surface area (Å²) < 4.78 is 24.1. The molecule has 0 bridgehead atoms. The van der Waals surface area contributed by atoms with E-state index in [1.165, 1.54) is 12.1 Å². The van der Waals surface area contributed by atoms with E-state index < -0.39 is 10.8 Å². The molecule has 0 aliphatic carbocycles. The first-order valence-electron chi connectivity index (χ1n) is 7.68. The first-order chi connectivity index (χ1) is 12.0. The average molecular weight is 362 g/mol. The van der Waals surface area contributed by atoms with Crippen molar-refractivity contribution in [1.82, 2.24) is 10.6 Å². The van der Waals surface area contributed by atoms with E-state index in [1.54, 1.807) is 42.7 Å². The third kappa shape index (κ3) is 6.11. The van der Waals surface area contributed by atoms with Crippen LogP contribution < -0.4 is 10.6 Å². The van der Waals surface area contributed by atoms with Crippen LogP contribution in [0.5, 0.6) is 0 Å². The van der Waals surface area contributed by atoms with Crippen LogP contribution in [0.3, 0.4) is 0 Å². The summed E-state index contributed by atoms with van der Waals surface area (Å²) in [6.45, 7) is 0.582. The normalized spacial score (nSPS) is 11.6. The van der Waals surface area contributed by atoms with Crippen molar-refractivity contribution < 1.29 is 18.2 Å². The van der Waals surface area contributed by atoms with Crippen LogP contribution in [0, 0.1) is 5.82 Å². The highest BCUT2D eigenvalue weighted by molar-refractivity contribution is 7.84. The third-order valence-corrected chi connectivity index (χ3v) is 4.40. The number of hydrogen-bond donors (Lipinski definition) is 2. The van der Waals surface area contributed by atoms with Gasteiger partial charge >= 0.3 is 0 Å². The Labute approximate surface area is 148 Å². The molecule has 0 aliphatic heterocycles. The van der Waals surface area contributed by atoms with Gasteiger partial charge in [0.05, 0.1) is 6.42 Å². The molecule has 2 N–H and O–H groups in total. The van der Waals surface area contributed by atoms with Crippen molar-refractivity contribution in [1.29, 1.82) is 0 Å². The second-order valence-electron chi connectivity index (χ2n) is 5.39. The van der Waals surface area contributed by atoms with Gasteiger partial charge in [-0.25, -0.2) is 4.39 Å². The molecule has 7 heteroatoms. The van der Waals surface area contributed by atoms with Crippen molar-refractivity contribution in [2.75, 3.05) is 19.3 Å². The minimum Gasteiger partial charge on any atom is -0.354 e. The molecule has 0 radical (unpaired) electrons. The fraction of sp³-hybridized carbons (Fsp3) is 0.222. The zero-order chi connectivity index (χ0) is 18.2. The Bertz CT molecular complexity index is 761. The van der Waals surface area contributed by atoms with Crippen LogP contribution in [-0.2, 0) is 22.0 Å². The van der Waals surface area contributed by atoms with Crippen LogP contribution >= 0.6 is 0 Å². The van der Waals surface area contributed by atoms with Gasteiger partial charge in [0.1, 0.15) is 5.82 Å². The number of halogens is 1. The van der Waals surface area contributed by atoms with Gasteiger partial charge in [-0.05, 0) is 42.0 Å². The van der Waals surface area contributed by atoms with Crippen LogP contribution in [0.25, 0.3) is 0 Å². The SMILES string of the molecule is CS(=O)c1ccc(C(=O)NCCNC(=O)Cc2ccc(F)cc2)cc1. The number of nitrogens with one attached hydrogen (secondary N) is 2. The summed E-state index contributed by atoms with van der Waals surface area (Å²) in [5.74, 6) is -0.804. The molecule has 0 aromatic heterocycles. The van der Waals surface area contributed by atoms with Crippen molar-refractivity contribution >= 4 is 22.6 Å². The predicted octanol–water partition coefficient (Wildman–Crippen LogP) is 1.65. The topological polar surface area (TPSA) is 75.3 Å². The maximum atomic E-state index is 12.8. The van der Waals surface area contributed by atoms with Crippen molar-refractivity contribution in [2.24, 2.45) is 0 Å². The number of amides is 2. The predicted molar refractivity (Wildman–Crippen MR) is 94.2 cm³/mol. The zero-order valence-electron chi connectivity index (χ0n) is 13.8. The highest BCUT2D eigenvalue weighted by atomic mass is 32.2. The Balaban J connectivity index is 1.71. The van der Waals surface area contributed by atoms with Crippen LogP contribution in [0.4, 0.5) is 4.39 Å². The molecule has 0 spiro atoms. The second kappa shape index (κ2) is 9.08. The molecule has 2 amide bonds. The van der Waals surface area contributed by atoms with Crippen molar-refractivity contribution in [3.8, 4) is 0 Å². The maximum Gasteiger partial charge on any atom is 0.251 e. The highest BCUT2D eigenvalue weighted by Crippen LogP contribution is 2.07. The highest BCUT2D eigenvalue weighted by Gasteiger charge is 2.07. The van der Waals surface area contributed by atoms with Crippen LogP contribution in [0.1, 0.15) is 15.9 Å². The molecule has 2 rings (SSSR count). The van der Waals surface area contributed by atoms with E-state index in [4.69, 9.17) is 0 Å². The smallest absolute Gasteiger partial charge is 0.251 e. The van der Waals surface area contributed by atoms with E-state index in [9.17, 15) is 18.2 Å². The van der Waals surface area contributed by atoms with Gasteiger partial charge in [0.25, 0.3) is 5.91 Å². The van der Waals surface area contributed by atoms with Crippen molar-refractivity contribution in [2.45, 2.75) is 11.3 Å². The number of carbonyl (C=O) groups is 2. The fourth-order valence-electron chi connectivity index (χ4n) is 2.13. The molecule has 5 nitrogen and oxygen atoms in total. The van der Waals surface area contributed by atoms with Gasteiger partial charge < -0.3 is 10.6 Å². The quantitative estimate of drug-likeness (QED) is 0.736. The molecule has 0 aliphatic rings. The monoisotopic (exact) mass is 362 g/mol. The lowest BCUT2D eigenvalue weighted by atomic mass is 10.1. The van der Waals surface area contributed by atoms with E-state index >= 15 is 0 Å². The first-order valence-corrected chi connectivity index (χ1v) is 9.24. The van der Waals surface area contributed by atoms with Gasteiger partial charge in [0.2, 0.25) is 5.91 Å². The average Bonchev–Trinajstić information content (AvgIpc) is 2.60. The lowest BCUT2D eigenvalue weighted by Gasteiger charge is -2.08. The lowest BCUT2D eigenvalue weighted by molar-refractivity contribution is -0.120. The lowest BCUT2D eigenvalue weighted by Crippen LogP contribution is -2.35. The molecule has 0 fully saturated rings. The Morgan fingerprint density at radius 2 is 1.56 bits per heavy atom. The summed E-state index contributed by atoms with van der Waals surface area (Å²) in [4.78, 5) is 24.4. The number of hydrogen-bond acceptors (Lipinski definition) is 3. The molecule has 0 saturated heterocycles. The van der Waals surface area contributed by atoms with E-state index in [2.05, 4.69) is 10.6 Å². The molecular weight excluding hydrogens is 343 g/mol. The first kappa shape index (κ1) is 18.8. The Morgan fingerprint density at radius 3 is 2.16 bits per heavy atom. The number of rotatable bonds is 7. The van der Waals surface area contributed by atoms with Crippen LogP contribution in [-0.4, -0.2) is 35.4 Å². The van der Waals surface area contributed by atoms with E-state index in [-0.39, 0.29) is 30.6 Å². The molecule has 0 saturated carbocycles. The zero-order valence-corrected chi connectivity index (χ0v) is 14.6. The summed E-state index contributed by atoms with van der Waals surface area (Å²) in [5.41, 5.74) is 1.18. The Morgan fingerprint density at radius 1 is 0.960 bits per heavy atom. The Kier molecular flexibility index (Phi) is 6.82. The Hall–Kier alpha value is -2.54. The van der Waals surface area contributed by atoms with E-state index in [0.29, 0.717) is 17.0 Å². The molecule has 2 aromatic rings. The van der Waals surface area contributed by atoms with E-state index in [1.807, 2.05) is 0 Å². The van der Waals surface area contributed by atoms with E-state index in [0.717, 1.165) is 5.56 Å². The largest absolute Gasteiger partial charge is 0.354 e. The molecule has 1 atom stereocenters. The summed E-state index contributed by atoms with van der Waals surface area (Å²) in [6, 6.07) is 12.3. The summed E-state index contributed by atoms with van der Waals surface area (Å²) in [7, 11) is -1.08. The molecule has 132 valence electrons. The van der Waals surface area contributed by atoms with Crippen LogP contribution in [0.2, 0.25) is 0 Å². The summed E-state index contributed by atoms with van der Waals surface area (Å²) in [5, 5.41) is 5.38. The van der Waals surface area contributed by atoms with Gasteiger partial charge in [-0.15, -0.1) is 0 Å². The number of carbonyl (C=O) groups excluding carboxylic acids is 2. The molecular formula is C18H19FN2O3S. The van der Waals surface area contributed by atoms with Gasteiger partial charge in [0, 0.05) is 40.6 Å². The molecule has 0 heterocycles. The second-order valence-corrected chi connectivity index (χ2v) is 6.77. The molecule has 1 unspecified atom stereocenters. The van der Waals surface area contributed by atoms with Gasteiger partial charge in [-0.1, -0.05) is 12.1 Å². The minimum absolute atomic E-state index is 0.157. The summed E-state index contributed by atoms with van der Waals surface area (Å²) >= 11 is 0. The van der Waals surface area contributed by atoms with Crippen molar-refractivity contribution in [3.63, 3.8) is 0 Å².